The first-order valence-electron chi connectivity index (χ1n) is 8.38. The van der Waals surface area contributed by atoms with Gasteiger partial charge in [0.05, 0.1) is 5.56 Å². The molecule has 1 N–H and O–H groups in total. The Labute approximate surface area is 147 Å². The lowest BCUT2D eigenvalue weighted by Gasteiger charge is -2.18. The summed E-state index contributed by atoms with van der Waals surface area (Å²) in [5.41, 5.74) is 2.08. The smallest absolute Gasteiger partial charge is 0.339 e. The summed E-state index contributed by atoms with van der Waals surface area (Å²) in [6.07, 6.45) is 1.02. The van der Waals surface area contributed by atoms with Gasteiger partial charge in [0.25, 0.3) is 5.91 Å². The maximum absolute atomic E-state index is 12.5. The summed E-state index contributed by atoms with van der Waals surface area (Å²) in [7, 11) is 3.86. The highest BCUT2D eigenvalue weighted by Crippen LogP contribution is 2.24. The molecule has 1 fully saturated rings. The number of anilines is 1. The zero-order valence-corrected chi connectivity index (χ0v) is 14.4. The third kappa shape index (κ3) is 4.38. The fourth-order valence-electron chi connectivity index (χ4n) is 2.48. The Bertz CT molecular complexity index is 737. The Hall–Kier alpha value is -2.82. The molecule has 5 nitrogen and oxygen atoms in total. The molecule has 25 heavy (non-hydrogen) atoms. The van der Waals surface area contributed by atoms with Crippen LogP contribution in [0.25, 0.3) is 0 Å². The van der Waals surface area contributed by atoms with Crippen molar-refractivity contribution in [1.29, 1.82) is 0 Å². The van der Waals surface area contributed by atoms with Crippen LogP contribution in [0.2, 0.25) is 0 Å². The number of esters is 1. The molecule has 1 aliphatic carbocycles. The number of carbonyl (C=O) groups excluding carboxylic acids is 2. The number of rotatable bonds is 6. The molecule has 2 aromatic rings. The number of hydrogen-bond acceptors (Lipinski definition) is 4. The van der Waals surface area contributed by atoms with Gasteiger partial charge in [-0.25, -0.2) is 4.79 Å². The molecule has 1 amide bonds. The van der Waals surface area contributed by atoms with Gasteiger partial charge in [-0.1, -0.05) is 30.3 Å². The van der Waals surface area contributed by atoms with E-state index in [0.717, 1.165) is 18.5 Å². The number of ether oxygens (including phenoxy) is 1. The average molecular weight is 338 g/mol. The molecule has 1 saturated carbocycles. The zero-order valence-electron chi connectivity index (χ0n) is 14.4. The second-order valence-electron chi connectivity index (χ2n) is 6.42. The first-order chi connectivity index (χ1) is 12.0. The van der Waals surface area contributed by atoms with Crippen LogP contribution in [0, 0.1) is 0 Å². The van der Waals surface area contributed by atoms with Gasteiger partial charge in [0.1, 0.15) is 0 Å². The molecular formula is C20H22N2O3. The molecule has 0 aliphatic heterocycles. The highest BCUT2D eigenvalue weighted by atomic mass is 16.5. The van der Waals surface area contributed by atoms with Gasteiger partial charge in [-0.3, -0.25) is 4.79 Å². The van der Waals surface area contributed by atoms with Crippen LogP contribution in [0.1, 0.15) is 34.9 Å². The van der Waals surface area contributed by atoms with Crippen molar-refractivity contribution in [3.05, 3.63) is 65.7 Å². The summed E-state index contributed by atoms with van der Waals surface area (Å²) in [6, 6.07) is 16.4. The second-order valence-corrected chi connectivity index (χ2v) is 6.42. The molecular weight excluding hydrogens is 316 g/mol. The number of benzene rings is 2. The van der Waals surface area contributed by atoms with Gasteiger partial charge >= 0.3 is 5.97 Å². The quantitative estimate of drug-likeness (QED) is 0.823. The van der Waals surface area contributed by atoms with Crippen molar-refractivity contribution in [2.24, 2.45) is 0 Å². The van der Waals surface area contributed by atoms with Gasteiger partial charge < -0.3 is 15.0 Å². The van der Waals surface area contributed by atoms with E-state index in [0.29, 0.717) is 11.1 Å². The van der Waals surface area contributed by atoms with Gasteiger partial charge in [-0.05, 0) is 37.1 Å². The predicted octanol–water partition coefficient (Wildman–Crippen LogP) is 2.93. The molecule has 0 aromatic heterocycles. The van der Waals surface area contributed by atoms with Gasteiger partial charge in [0.2, 0.25) is 6.10 Å². The van der Waals surface area contributed by atoms with E-state index < -0.39 is 12.1 Å². The standard InChI is InChI=1S/C20H22N2O3/c1-22(2)17-12-8-15(9-13-17)20(24)25-18(14-6-4-3-5-7-14)19(23)21-16-10-11-16/h3-9,12-13,16,18H,10-11H2,1-2H3,(H,21,23)/t18-/m1/s1. The summed E-state index contributed by atoms with van der Waals surface area (Å²) in [6.45, 7) is 0. The Morgan fingerprint density at radius 2 is 1.68 bits per heavy atom. The van der Waals surface area contributed by atoms with Crippen molar-refractivity contribution in [1.82, 2.24) is 5.32 Å². The molecule has 0 bridgehead atoms. The number of nitrogens with zero attached hydrogens (tertiary/aromatic N) is 1. The Morgan fingerprint density at radius 3 is 2.24 bits per heavy atom. The molecule has 3 rings (SSSR count). The van der Waals surface area contributed by atoms with Gasteiger partial charge in [-0.2, -0.15) is 0 Å². The van der Waals surface area contributed by atoms with E-state index in [4.69, 9.17) is 4.74 Å². The van der Waals surface area contributed by atoms with Crippen LogP contribution in [0.3, 0.4) is 0 Å². The third-order valence-corrected chi connectivity index (χ3v) is 4.11. The minimum Gasteiger partial charge on any atom is -0.444 e. The largest absolute Gasteiger partial charge is 0.444 e. The van der Waals surface area contributed by atoms with Gasteiger partial charge in [0, 0.05) is 31.4 Å². The van der Waals surface area contributed by atoms with Gasteiger partial charge in [-0.15, -0.1) is 0 Å². The van der Waals surface area contributed by atoms with Crippen molar-refractivity contribution in [3.8, 4) is 0 Å². The van der Waals surface area contributed by atoms with E-state index in [1.54, 1.807) is 24.3 Å². The van der Waals surface area contributed by atoms with Crippen LogP contribution in [-0.4, -0.2) is 32.0 Å². The fourth-order valence-corrected chi connectivity index (χ4v) is 2.48. The van der Waals surface area contributed by atoms with E-state index >= 15 is 0 Å². The Kier molecular flexibility index (Phi) is 5.03. The molecule has 1 aliphatic rings. The van der Waals surface area contributed by atoms with Crippen LogP contribution >= 0.6 is 0 Å². The summed E-state index contributed by atoms with van der Waals surface area (Å²) < 4.78 is 5.55. The summed E-state index contributed by atoms with van der Waals surface area (Å²) >= 11 is 0. The number of carbonyl (C=O) groups is 2. The summed E-state index contributed by atoms with van der Waals surface area (Å²) in [5.74, 6) is -0.780. The molecule has 0 heterocycles. The predicted molar refractivity (Wildman–Crippen MR) is 96.5 cm³/mol. The van der Waals surface area contributed by atoms with E-state index in [1.165, 1.54) is 0 Å². The van der Waals surface area contributed by atoms with Crippen LogP contribution in [-0.2, 0) is 9.53 Å². The van der Waals surface area contributed by atoms with Crippen molar-refractivity contribution in [2.45, 2.75) is 25.0 Å². The molecule has 2 aromatic carbocycles. The van der Waals surface area contributed by atoms with E-state index in [9.17, 15) is 9.59 Å². The SMILES string of the molecule is CN(C)c1ccc(C(=O)O[C@@H](C(=O)NC2CC2)c2ccccc2)cc1. The van der Waals surface area contributed by atoms with Crippen LogP contribution in [0.4, 0.5) is 5.69 Å². The second kappa shape index (κ2) is 7.38. The maximum Gasteiger partial charge on any atom is 0.339 e. The first kappa shape index (κ1) is 17.0. The third-order valence-electron chi connectivity index (χ3n) is 4.11. The molecule has 0 spiro atoms. The highest BCUT2D eigenvalue weighted by molar-refractivity contribution is 5.93. The zero-order chi connectivity index (χ0) is 17.8. The van der Waals surface area contributed by atoms with Crippen LogP contribution in [0.5, 0.6) is 0 Å². The first-order valence-corrected chi connectivity index (χ1v) is 8.38. The Morgan fingerprint density at radius 1 is 1.04 bits per heavy atom. The normalized spacial score (nSPS) is 14.5. The maximum atomic E-state index is 12.5. The number of nitrogens with one attached hydrogen (secondary N) is 1. The van der Waals surface area contributed by atoms with Crippen molar-refractivity contribution in [2.75, 3.05) is 19.0 Å². The van der Waals surface area contributed by atoms with Crippen molar-refractivity contribution < 1.29 is 14.3 Å². The fraction of sp³-hybridized carbons (Fsp3) is 0.300. The topological polar surface area (TPSA) is 58.6 Å². The summed E-state index contributed by atoms with van der Waals surface area (Å²) in [5, 5.41) is 2.91. The molecule has 5 heteroatoms. The molecule has 0 radical (unpaired) electrons. The number of hydrogen-bond donors (Lipinski definition) is 1. The monoisotopic (exact) mass is 338 g/mol. The Balaban J connectivity index is 1.76. The number of amides is 1. The van der Waals surface area contributed by atoms with Gasteiger partial charge in [0.15, 0.2) is 0 Å². The lowest BCUT2D eigenvalue weighted by Crippen LogP contribution is -2.33. The molecule has 0 unspecified atom stereocenters. The lowest BCUT2D eigenvalue weighted by molar-refractivity contribution is -0.130. The molecule has 130 valence electrons. The average Bonchev–Trinajstić information content (AvgIpc) is 3.44. The van der Waals surface area contributed by atoms with Crippen LogP contribution in [0.15, 0.2) is 54.6 Å². The molecule has 0 saturated heterocycles. The van der Waals surface area contributed by atoms with E-state index in [1.807, 2.05) is 49.3 Å². The van der Waals surface area contributed by atoms with E-state index in [2.05, 4.69) is 5.32 Å². The highest BCUT2D eigenvalue weighted by Gasteiger charge is 2.31. The van der Waals surface area contributed by atoms with Crippen molar-refractivity contribution >= 4 is 17.6 Å². The minimum absolute atomic E-state index is 0.205. The summed E-state index contributed by atoms with van der Waals surface area (Å²) in [4.78, 5) is 27.0. The van der Waals surface area contributed by atoms with Crippen molar-refractivity contribution in [3.63, 3.8) is 0 Å². The minimum atomic E-state index is -0.942. The van der Waals surface area contributed by atoms with E-state index in [-0.39, 0.29) is 11.9 Å². The molecule has 1 atom stereocenters. The lowest BCUT2D eigenvalue weighted by atomic mass is 10.1. The van der Waals surface area contributed by atoms with Crippen LogP contribution < -0.4 is 10.2 Å².